The summed E-state index contributed by atoms with van der Waals surface area (Å²) in [5.74, 6) is 1.19. The monoisotopic (exact) mass is 536 g/mol. The van der Waals surface area contributed by atoms with E-state index in [1.807, 2.05) is 55.1 Å². The highest BCUT2D eigenvalue weighted by atomic mass is 35.5. The number of thioether (sulfide) groups is 1. The first-order chi connectivity index (χ1) is 17.9. The van der Waals surface area contributed by atoms with Gasteiger partial charge in [-0.25, -0.2) is 5.43 Å². The van der Waals surface area contributed by atoms with Gasteiger partial charge in [-0.05, 0) is 61.5 Å². The SMILES string of the molecule is CCN(CC)CCSCc1ccc(C(=O)Nc2ccc(Cl)cc2C(=O)N/N=C/c2ccc(C)cc2)cc1. The molecule has 0 spiro atoms. The number of amides is 2. The fraction of sp³-hybridized carbons (Fsp3) is 0.276. The molecule has 0 unspecified atom stereocenters. The highest BCUT2D eigenvalue weighted by Gasteiger charge is 2.15. The van der Waals surface area contributed by atoms with Gasteiger partial charge in [0.1, 0.15) is 0 Å². The Labute approximate surface area is 228 Å². The van der Waals surface area contributed by atoms with Crippen molar-refractivity contribution < 1.29 is 9.59 Å². The van der Waals surface area contributed by atoms with Crippen LogP contribution in [0.15, 0.2) is 71.8 Å². The van der Waals surface area contributed by atoms with Crippen LogP contribution in [0.25, 0.3) is 0 Å². The average molecular weight is 537 g/mol. The van der Waals surface area contributed by atoms with Gasteiger partial charge in [0.05, 0.1) is 17.5 Å². The van der Waals surface area contributed by atoms with E-state index < -0.39 is 5.91 Å². The number of hydrazone groups is 1. The predicted octanol–water partition coefficient (Wildman–Crippen LogP) is 6.24. The number of hydrogen-bond donors (Lipinski definition) is 2. The Kier molecular flexibility index (Phi) is 11.2. The number of anilines is 1. The number of aryl methyl sites for hydroxylation is 1. The first-order valence-corrected chi connectivity index (χ1v) is 13.8. The van der Waals surface area contributed by atoms with Gasteiger partial charge in [-0.2, -0.15) is 16.9 Å². The zero-order chi connectivity index (χ0) is 26.6. The standard InChI is InChI=1S/C29H33ClN4O2S/c1-4-34(5-2)16-17-37-20-23-10-12-24(13-11-23)28(35)32-27-15-14-25(30)18-26(27)29(36)33-31-19-22-8-6-21(3)7-9-22/h6-15,18-19H,4-5,16-17,20H2,1-3H3,(H,32,35)(H,33,36)/b31-19+. The molecule has 0 aliphatic rings. The molecular weight excluding hydrogens is 504 g/mol. The van der Waals surface area contributed by atoms with E-state index in [1.165, 1.54) is 11.6 Å². The first-order valence-electron chi connectivity index (χ1n) is 12.3. The number of carbonyl (C=O) groups excluding carboxylic acids is 2. The van der Waals surface area contributed by atoms with E-state index in [9.17, 15) is 9.59 Å². The third-order valence-corrected chi connectivity index (χ3v) is 7.11. The second-order valence-electron chi connectivity index (χ2n) is 8.53. The fourth-order valence-corrected chi connectivity index (χ4v) is 4.69. The third-order valence-electron chi connectivity index (χ3n) is 5.86. The van der Waals surface area contributed by atoms with Crippen LogP contribution in [0.5, 0.6) is 0 Å². The van der Waals surface area contributed by atoms with Crippen molar-refractivity contribution in [1.82, 2.24) is 10.3 Å². The summed E-state index contributed by atoms with van der Waals surface area (Å²) in [5, 5.41) is 7.24. The highest BCUT2D eigenvalue weighted by Crippen LogP contribution is 2.22. The Hall–Kier alpha value is -3.13. The van der Waals surface area contributed by atoms with Crippen LogP contribution in [0.2, 0.25) is 5.02 Å². The quantitative estimate of drug-likeness (QED) is 0.163. The summed E-state index contributed by atoms with van der Waals surface area (Å²) in [7, 11) is 0. The van der Waals surface area contributed by atoms with Crippen molar-refractivity contribution >= 4 is 47.1 Å². The molecule has 2 N–H and O–H groups in total. The largest absolute Gasteiger partial charge is 0.321 e. The van der Waals surface area contributed by atoms with Crippen LogP contribution in [0.1, 0.15) is 51.3 Å². The molecule has 0 fully saturated rings. The summed E-state index contributed by atoms with van der Waals surface area (Å²) >= 11 is 8.01. The van der Waals surface area contributed by atoms with Crippen molar-refractivity contribution in [2.24, 2.45) is 5.10 Å². The van der Waals surface area contributed by atoms with Gasteiger partial charge in [-0.3, -0.25) is 9.59 Å². The average Bonchev–Trinajstić information content (AvgIpc) is 2.91. The van der Waals surface area contributed by atoms with E-state index in [2.05, 4.69) is 34.6 Å². The first kappa shape index (κ1) is 28.4. The predicted molar refractivity (Wildman–Crippen MR) is 156 cm³/mol. The number of rotatable bonds is 12. The van der Waals surface area contributed by atoms with Crippen molar-refractivity contribution in [3.05, 3.63) is 99.6 Å². The lowest BCUT2D eigenvalue weighted by molar-refractivity contribution is 0.0956. The molecule has 0 aliphatic carbocycles. The van der Waals surface area contributed by atoms with Crippen molar-refractivity contribution in [1.29, 1.82) is 0 Å². The zero-order valence-corrected chi connectivity index (χ0v) is 23.0. The molecule has 0 atom stereocenters. The van der Waals surface area contributed by atoms with Crippen LogP contribution in [-0.4, -0.2) is 48.3 Å². The molecule has 8 heteroatoms. The lowest BCUT2D eigenvalue weighted by Crippen LogP contribution is -2.25. The van der Waals surface area contributed by atoms with Gasteiger partial charge >= 0.3 is 0 Å². The molecule has 3 rings (SSSR count). The number of halogens is 1. The molecule has 0 radical (unpaired) electrons. The molecule has 3 aromatic carbocycles. The highest BCUT2D eigenvalue weighted by molar-refractivity contribution is 7.98. The van der Waals surface area contributed by atoms with Crippen LogP contribution < -0.4 is 10.7 Å². The summed E-state index contributed by atoms with van der Waals surface area (Å²) in [6, 6.07) is 20.0. The van der Waals surface area contributed by atoms with E-state index in [0.29, 0.717) is 16.3 Å². The number of nitrogens with one attached hydrogen (secondary N) is 2. The Bertz CT molecular complexity index is 1210. The van der Waals surface area contributed by atoms with E-state index >= 15 is 0 Å². The Morgan fingerprint density at radius 2 is 1.68 bits per heavy atom. The van der Waals surface area contributed by atoms with E-state index in [0.717, 1.165) is 42.3 Å². The van der Waals surface area contributed by atoms with Gasteiger partial charge in [0, 0.05) is 28.6 Å². The molecule has 0 heterocycles. The maximum absolute atomic E-state index is 12.9. The molecule has 0 saturated carbocycles. The Morgan fingerprint density at radius 1 is 0.973 bits per heavy atom. The van der Waals surface area contributed by atoms with Gasteiger partial charge in [-0.15, -0.1) is 0 Å². The van der Waals surface area contributed by atoms with E-state index in [-0.39, 0.29) is 11.5 Å². The summed E-state index contributed by atoms with van der Waals surface area (Å²) < 4.78 is 0. The normalized spacial score (nSPS) is 11.2. The second-order valence-corrected chi connectivity index (χ2v) is 10.1. The third kappa shape index (κ3) is 9.04. The minimum absolute atomic E-state index is 0.225. The van der Waals surface area contributed by atoms with Crippen LogP contribution in [-0.2, 0) is 5.75 Å². The number of carbonyl (C=O) groups is 2. The van der Waals surface area contributed by atoms with Crippen LogP contribution in [0.3, 0.4) is 0 Å². The summed E-state index contributed by atoms with van der Waals surface area (Å²) in [5.41, 5.74) is 6.76. The van der Waals surface area contributed by atoms with Gasteiger partial charge in [-0.1, -0.05) is 67.4 Å². The van der Waals surface area contributed by atoms with Gasteiger partial charge in [0.2, 0.25) is 0 Å². The maximum atomic E-state index is 12.9. The minimum atomic E-state index is -0.474. The molecule has 0 saturated heterocycles. The van der Waals surface area contributed by atoms with Gasteiger partial charge in [0.25, 0.3) is 11.8 Å². The minimum Gasteiger partial charge on any atom is -0.321 e. The van der Waals surface area contributed by atoms with E-state index in [4.69, 9.17) is 11.6 Å². The molecule has 6 nitrogen and oxygen atoms in total. The lowest BCUT2D eigenvalue weighted by Gasteiger charge is -2.17. The summed E-state index contributed by atoms with van der Waals surface area (Å²) in [6.45, 7) is 9.57. The molecule has 0 bridgehead atoms. The van der Waals surface area contributed by atoms with Gasteiger partial charge < -0.3 is 10.2 Å². The van der Waals surface area contributed by atoms with Crippen molar-refractivity contribution in [3.63, 3.8) is 0 Å². The van der Waals surface area contributed by atoms with Crippen LogP contribution >= 0.6 is 23.4 Å². The van der Waals surface area contributed by atoms with Gasteiger partial charge in [0.15, 0.2) is 0 Å². The molecule has 2 amide bonds. The van der Waals surface area contributed by atoms with Crippen molar-refractivity contribution in [2.45, 2.75) is 26.5 Å². The number of benzene rings is 3. The molecular formula is C29H33ClN4O2S. The fourth-order valence-electron chi connectivity index (χ4n) is 3.56. The Balaban J connectivity index is 1.59. The van der Waals surface area contributed by atoms with Crippen LogP contribution in [0, 0.1) is 6.92 Å². The second kappa shape index (κ2) is 14.6. The lowest BCUT2D eigenvalue weighted by atomic mass is 10.1. The number of nitrogens with zero attached hydrogens (tertiary/aromatic N) is 2. The van der Waals surface area contributed by atoms with E-state index in [1.54, 1.807) is 30.5 Å². The summed E-state index contributed by atoms with van der Waals surface area (Å²) in [6.07, 6.45) is 1.56. The molecule has 0 aliphatic heterocycles. The molecule has 194 valence electrons. The smallest absolute Gasteiger partial charge is 0.273 e. The van der Waals surface area contributed by atoms with Crippen LogP contribution in [0.4, 0.5) is 5.69 Å². The van der Waals surface area contributed by atoms with Crippen molar-refractivity contribution in [2.75, 3.05) is 30.7 Å². The molecule has 3 aromatic rings. The zero-order valence-electron chi connectivity index (χ0n) is 21.5. The maximum Gasteiger partial charge on any atom is 0.273 e. The number of hydrogen-bond acceptors (Lipinski definition) is 5. The van der Waals surface area contributed by atoms with Crippen molar-refractivity contribution in [3.8, 4) is 0 Å². The Morgan fingerprint density at radius 3 is 2.35 bits per heavy atom. The summed E-state index contributed by atoms with van der Waals surface area (Å²) in [4.78, 5) is 28.1. The topological polar surface area (TPSA) is 73.8 Å². The molecule has 37 heavy (non-hydrogen) atoms. The molecule has 0 aromatic heterocycles.